The second kappa shape index (κ2) is 2.84. The number of aromatic amines is 1. The first-order chi connectivity index (χ1) is 4.63. The Hall–Kier alpha value is -0.150. The highest BCUT2D eigenvalue weighted by Crippen LogP contribution is 2.22. The minimum Gasteiger partial charge on any atom is -0.302 e. The predicted octanol–water partition coefficient (Wildman–Crippen LogP) is 3.24. The fourth-order valence-corrected chi connectivity index (χ4v) is 2.44. The first-order valence-corrected chi connectivity index (χ1v) is 4.53. The van der Waals surface area contributed by atoms with Crippen molar-refractivity contribution in [1.29, 1.82) is 0 Å². The lowest BCUT2D eigenvalue weighted by atomic mass is 10.1. The molecule has 1 N–H and O–H groups in total. The van der Waals surface area contributed by atoms with Gasteiger partial charge < -0.3 is 4.37 Å². The number of hydrogen-bond acceptors (Lipinski definition) is 2. The summed E-state index contributed by atoms with van der Waals surface area (Å²) in [5, 5.41) is 0. The van der Waals surface area contributed by atoms with Crippen molar-refractivity contribution in [2.24, 2.45) is 0 Å². The maximum absolute atomic E-state index is 5.10. The number of nitrogens with one attached hydrogen (secondary N) is 1. The van der Waals surface area contributed by atoms with Crippen LogP contribution < -0.4 is 0 Å². The SMILES string of the molecule is Cc1s[nH]c(=S)c1C(C)C. The van der Waals surface area contributed by atoms with Gasteiger partial charge in [0.1, 0.15) is 4.64 Å². The van der Waals surface area contributed by atoms with Crippen molar-refractivity contribution in [3.8, 4) is 0 Å². The van der Waals surface area contributed by atoms with Crippen LogP contribution in [0, 0.1) is 11.6 Å². The Morgan fingerprint density at radius 2 is 2.10 bits per heavy atom. The highest BCUT2D eigenvalue weighted by Gasteiger charge is 2.06. The highest BCUT2D eigenvalue weighted by molar-refractivity contribution is 7.71. The van der Waals surface area contributed by atoms with Crippen molar-refractivity contribution in [2.75, 3.05) is 0 Å². The summed E-state index contributed by atoms with van der Waals surface area (Å²) in [6, 6.07) is 0. The summed E-state index contributed by atoms with van der Waals surface area (Å²) in [6.45, 7) is 6.43. The van der Waals surface area contributed by atoms with E-state index in [4.69, 9.17) is 12.2 Å². The molecular weight excluding hydrogens is 162 g/mol. The van der Waals surface area contributed by atoms with Crippen molar-refractivity contribution in [1.82, 2.24) is 4.37 Å². The predicted molar refractivity (Wildman–Crippen MR) is 48.3 cm³/mol. The average Bonchev–Trinajstić information content (AvgIpc) is 2.11. The van der Waals surface area contributed by atoms with Crippen molar-refractivity contribution in [2.45, 2.75) is 26.7 Å². The van der Waals surface area contributed by atoms with E-state index in [0.29, 0.717) is 5.92 Å². The van der Waals surface area contributed by atoms with Crippen LogP contribution in [0.2, 0.25) is 0 Å². The quantitative estimate of drug-likeness (QED) is 0.645. The molecule has 1 aromatic heterocycles. The molecule has 3 heteroatoms. The maximum atomic E-state index is 5.10. The molecule has 0 saturated heterocycles. The van der Waals surface area contributed by atoms with Crippen molar-refractivity contribution < 1.29 is 0 Å². The largest absolute Gasteiger partial charge is 0.302 e. The van der Waals surface area contributed by atoms with Crippen LogP contribution in [0.5, 0.6) is 0 Å². The van der Waals surface area contributed by atoms with Crippen LogP contribution >= 0.6 is 23.8 Å². The van der Waals surface area contributed by atoms with Gasteiger partial charge in [-0.2, -0.15) is 0 Å². The summed E-state index contributed by atoms with van der Waals surface area (Å²) < 4.78 is 3.99. The van der Waals surface area contributed by atoms with Crippen LogP contribution in [0.4, 0.5) is 0 Å². The van der Waals surface area contributed by atoms with Crippen LogP contribution in [0.15, 0.2) is 0 Å². The zero-order valence-electron chi connectivity index (χ0n) is 6.39. The standard InChI is InChI=1S/C7H11NS2/c1-4(2)6-5(3)10-8-7(6)9/h4H,1-3H3,(H,8,9). The molecule has 0 fully saturated rings. The molecule has 0 aliphatic rings. The van der Waals surface area contributed by atoms with Gasteiger partial charge in [0.15, 0.2) is 0 Å². The van der Waals surface area contributed by atoms with Crippen LogP contribution in [0.1, 0.15) is 30.2 Å². The van der Waals surface area contributed by atoms with E-state index in [1.807, 2.05) is 0 Å². The molecular formula is C7H11NS2. The minimum atomic E-state index is 0.551. The lowest BCUT2D eigenvalue weighted by Gasteiger charge is -2.00. The zero-order valence-corrected chi connectivity index (χ0v) is 8.03. The molecule has 56 valence electrons. The van der Waals surface area contributed by atoms with Gasteiger partial charge in [0.2, 0.25) is 0 Å². The van der Waals surface area contributed by atoms with E-state index in [2.05, 4.69) is 25.1 Å². The van der Waals surface area contributed by atoms with Gasteiger partial charge in [0, 0.05) is 10.4 Å². The number of rotatable bonds is 1. The molecule has 0 unspecified atom stereocenters. The first-order valence-electron chi connectivity index (χ1n) is 3.31. The molecule has 1 nitrogen and oxygen atoms in total. The topological polar surface area (TPSA) is 15.8 Å². The van der Waals surface area contributed by atoms with Crippen LogP contribution in [-0.2, 0) is 0 Å². The summed E-state index contributed by atoms with van der Waals surface area (Å²) in [7, 11) is 0. The van der Waals surface area contributed by atoms with Gasteiger partial charge in [-0.15, -0.1) is 0 Å². The average molecular weight is 173 g/mol. The van der Waals surface area contributed by atoms with E-state index in [9.17, 15) is 0 Å². The fourth-order valence-electron chi connectivity index (χ4n) is 1.06. The normalized spacial score (nSPS) is 10.8. The summed E-state index contributed by atoms with van der Waals surface area (Å²) in [4.78, 5) is 1.32. The molecule has 0 aliphatic carbocycles. The number of hydrogen-bond donors (Lipinski definition) is 1. The van der Waals surface area contributed by atoms with Gasteiger partial charge in [0.05, 0.1) is 0 Å². The van der Waals surface area contributed by atoms with E-state index in [0.717, 1.165) is 4.64 Å². The van der Waals surface area contributed by atoms with Gasteiger partial charge in [-0.3, -0.25) is 0 Å². The Bertz CT molecular complexity index is 269. The minimum absolute atomic E-state index is 0.551. The Kier molecular flexibility index (Phi) is 2.26. The second-order valence-corrected chi connectivity index (χ2v) is 4.09. The molecule has 0 amide bonds. The Labute approximate surface area is 70.3 Å². The Morgan fingerprint density at radius 1 is 1.50 bits per heavy atom. The molecule has 1 heterocycles. The summed E-state index contributed by atoms with van der Waals surface area (Å²) in [5.74, 6) is 0.551. The van der Waals surface area contributed by atoms with Crippen LogP contribution in [0.25, 0.3) is 0 Å². The monoisotopic (exact) mass is 173 g/mol. The van der Waals surface area contributed by atoms with Gasteiger partial charge in [-0.25, -0.2) is 0 Å². The molecule has 0 atom stereocenters. The summed E-state index contributed by atoms with van der Waals surface area (Å²) in [5.41, 5.74) is 1.31. The highest BCUT2D eigenvalue weighted by atomic mass is 32.1. The third kappa shape index (κ3) is 1.30. The van der Waals surface area contributed by atoms with Gasteiger partial charge in [0.25, 0.3) is 0 Å². The van der Waals surface area contributed by atoms with Crippen molar-refractivity contribution >= 4 is 23.8 Å². The molecule has 1 aromatic rings. The Balaban J connectivity index is 3.23. The molecule has 0 aromatic carbocycles. The van der Waals surface area contributed by atoms with E-state index >= 15 is 0 Å². The molecule has 10 heavy (non-hydrogen) atoms. The third-order valence-electron chi connectivity index (χ3n) is 1.50. The molecule has 0 saturated carbocycles. The number of aryl methyl sites for hydroxylation is 1. The number of aromatic nitrogens is 1. The molecule has 0 spiro atoms. The molecule has 1 rings (SSSR count). The molecule has 0 aliphatic heterocycles. The Morgan fingerprint density at radius 3 is 2.30 bits per heavy atom. The smallest absolute Gasteiger partial charge is 0.117 e. The lowest BCUT2D eigenvalue weighted by molar-refractivity contribution is 0.857. The van der Waals surface area contributed by atoms with E-state index in [1.54, 1.807) is 11.5 Å². The van der Waals surface area contributed by atoms with Crippen molar-refractivity contribution in [3.05, 3.63) is 15.1 Å². The third-order valence-corrected chi connectivity index (χ3v) is 2.78. The first kappa shape index (κ1) is 7.95. The maximum Gasteiger partial charge on any atom is 0.117 e. The number of H-pyrrole nitrogens is 1. The summed E-state index contributed by atoms with van der Waals surface area (Å²) in [6.07, 6.45) is 0. The van der Waals surface area contributed by atoms with Gasteiger partial charge in [-0.05, 0) is 12.8 Å². The summed E-state index contributed by atoms with van der Waals surface area (Å²) >= 11 is 6.73. The second-order valence-electron chi connectivity index (χ2n) is 2.66. The van der Waals surface area contributed by atoms with Crippen LogP contribution in [-0.4, -0.2) is 4.37 Å². The van der Waals surface area contributed by atoms with Crippen molar-refractivity contribution in [3.63, 3.8) is 0 Å². The lowest BCUT2D eigenvalue weighted by Crippen LogP contribution is -1.86. The van der Waals surface area contributed by atoms with Gasteiger partial charge >= 0.3 is 0 Å². The van der Waals surface area contributed by atoms with Crippen LogP contribution in [0.3, 0.4) is 0 Å². The van der Waals surface area contributed by atoms with Gasteiger partial charge in [-0.1, -0.05) is 37.6 Å². The van der Waals surface area contributed by atoms with E-state index in [-0.39, 0.29) is 0 Å². The molecule has 0 radical (unpaired) electrons. The van der Waals surface area contributed by atoms with E-state index < -0.39 is 0 Å². The van der Waals surface area contributed by atoms with E-state index in [1.165, 1.54) is 10.4 Å². The zero-order chi connectivity index (χ0) is 7.72. The fraction of sp³-hybridized carbons (Fsp3) is 0.571. The molecule has 0 bridgehead atoms.